The summed E-state index contributed by atoms with van der Waals surface area (Å²) in [7, 11) is 0. The fourth-order valence-corrected chi connectivity index (χ4v) is 1.03. The molecule has 0 aliphatic carbocycles. The summed E-state index contributed by atoms with van der Waals surface area (Å²) in [5.74, 6) is 0.568. The average Bonchev–Trinajstić information content (AvgIpc) is 2.20. The van der Waals surface area contributed by atoms with Crippen molar-refractivity contribution in [2.45, 2.75) is 13.5 Å². The first-order chi connectivity index (χ1) is 4.75. The van der Waals surface area contributed by atoms with Gasteiger partial charge in [-0.2, -0.15) is 5.10 Å². The van der Waals surface area contributed by atoms with Crippen LogP contribution in [-0.2, 0) is 6.54 Å². The minimum absolute atomic E-state index is 0.568. The molecule has 0 fully saturated rings. The molecule has 10 heavy (non-hydrogen) atoms. The summed E-state index contributed by atoms with van der Waals surface area (Å²) >= 11 is 11.3. The average molecular weight is 179 g/mol. The van der Waals surface area contributed by atoms with E-state index >= 15 is 0 Å². The number of nitrogens with zero attached hydrogens (tertiary/aromatic N) is 2. The van der Waals surface area contributed by atoms with Gasteiger partial charge in [-0.15, -0.1) is 11.6 Å². The standard InChI is InChI=1S/C6H8Cl2N2/c1-5-6(8)4-9-10(5)3-2-7/h4H,2-3H2,1H3. The van der Waals surface area contributed by atoms with Crippen molar-refractivity contribution in [2.24, 2.45) is 0 Å². The molecule has 0 saturated heterocycles. The van der Waals surface area contributed by atoms with Crippen LogP contribution in [0.25, 0.3) is 0 Å². The van der Waals surface area contributed by atoms with Crippen LogP contribution in [0.15, 0.2) is 6.20 Å². The third-order valence-corrected chi connectivity index (χ3v) is 1.88. The van der Waals surface area contributed by atoms with Crippen LogP contribution in [0.5, 0.6) is 0 Å². The Labute approximate surface area is 69.7 Å². The molecule has 0 bridgehead atoms. The highest BCUT2D eigenvalue weighted by Gasteiger charge is 2.01. The molecular weight excluding hydrogens is 171 g/mol. The highest BCUT2D eigenvalue weighted by molar-refractivity contribution is 6.31. The summed E-state index contributed by atoms with van der Waals surface area (Å²) in [5.41, 5.74) is 0.974. The van der Waals surface area contributed by atoms with E-state index in [1.54, 1.807) is 10.9 Å². The van der Waals surface area contributed by atoms with E-state index in [-0.39, 0.29) is 0 Å². The largest absolute Gasteiger partial charge is 0.267 e. The van der Waals surface area contributed by atoms with E-state index in [9.17, 15) is 0 Å². The maximum atomic E-state index is 5.74. The Balaban J connectivity index is 2.83. The molecule has 0 aliphatic rings. The number of aryl methyl sites for hydroxylation is 1. The van der Waals surface area contributed by atoms with Gasteiger partial charge in [0.15, 0.2) is 0 Å². The number of aromatic nitrogens is 2. The summed E-state index contributed by atoms with van der Waals surface area (Å²) in [6, 6.07) is 0. The highest BCUT2D eigenvalue weighted by atomic mass is 35.5. The molecule has 1 rings (SSSR count). The Kier molecular flexibility index (Phi) is 2.57. The lowest BCUT2D eigenvalue weighted by Gasteiger charge is -1.98. The Morgan fingerprint density at radius 1 is 1.70 bits per heavy atom. The van der Waals surface area contributed by atoms with Gasteiger partial charge in [-0.1, -0.05) is 11.6 Å². The van der Waals surface area contributed by atoms with Crippen molar-refractivity contribution in [2.75, 3.05) is 5.88 Å². The second kappa shape index (κ2) is 3.26. The van der Waals surface area contributed by atoms with Crippen LogP contribution in [0.4, 0.5) is 0 Å². The summed E-state index contributed by atoms with van der Waals surface area (Å²) < 4.78 is 1.79. The molecule has 0 N–H and O–H groups in total. The zero-order valence-corrected chi connectivity index (χ0v) is 7.15. The van der Waals surface area contributed by atoms with Crippen LogP contribution >= 0.6 is 23.2 Å². The van der Waals surface area contributed by atoms with Gasteiger partial charge in [0.2, 0.25) is 0 Å². The normalized spacial score (nSPS) is 10.3. The summed E-state index contributed by atoms with van der Waals surface area (Å²) in [5, 5.41) is 4.70. The van der Waals surface area contributed by atoms with Gasteiger partial charge in [0.1, 0.15) is 0 Å². The van der Waals surface area contributed by atoms with Crippen LogP contribution in [0.3, 0.4) is 0 Å². The number of halogens is 2. The molecule has 2 nitrogen and oxygen atoms in total. The van der Waals surface area contributed by atoms with E-state index in [2.05, 4.69) is 5.10 Å². The monoisotopic (exact) mass is 178 g/mol. The minimum Gasteiger partial charge on any atom is -0.267 e. The molecule has 4 heteroatoms. The van der Waals surface area contributed by atoms with E-state index in [1.165, 1.54) is 0 Å². The van der Waals surface area contributed by atoms with E-state index < -0.39 is 0 Å². The van der Waals surface area contributed by atoms with E-state index in [1.807, 2.05) is 6.92 Å². The smallest absolute Gasteiger partial charge is 0.0814 e. The van der Waals surface area contributed by atoms with Gasteiger partial charge in [-0.25, -0.2) is 0 Å². The first-order valence-electron chi connectivity index (χ1n) is 2.99. The first-order valence-corrected chi connectivity index (χ1v) is 3.91. The molecule has 0 spiro atoms. The van der Waals surface area contributed by atoms with Crippen LogP contribution in [0, 0.1) is 6.92 Å². The van der Waals surface area contributed by atoms with E-state index in [0.717, 1.165) is 12.2 Å². The molecule has 0 saturated carbocycles. The van der Waals surface area contributed by atoms with Crippen LogP contribution < -0.4 is 0 Å². The topological polar surface area (TPSA) is 17.8 Å². The predicted molar refractivity (Wildman–Crippen MR) is 42.7 cm³/mol. The Bertz CT molecular complexity index is 220. The highest BCUT2D eigenvalue weighted by Crippen LogP contribution is 2.12. The predicted octanol–water partition coefficient (Wildman–Crippen LogP) is 2.08. The Morgan fingerprint density at radius 2 is 2.40 bits per heavy atom. The Hall–Kier alpha value is -0.210. The van der Waals surface area contributed by atoms with Crippen molar-refractivity contribution in [3.8, 4) is 0 Å². The fourth-order valence-electron chi connectivity index (χ4n) is 0.729. The van der Waals surface area contributed by atoms with E-state index in [0.29, 0.717) is 10.9 Å². The van der Waals surface area contributed by atoms with Gasteiger partial charge in [0.25, 0.3) is 0 Å². The maximum Gasteiger partial charge on any atom is 0.0814 e. The number of hydrogen-bond acceptors (Lipinski definition) is 1. The van der Waals surface area contributed by atoms with Gasteiger partial charge < -0.3 is 0 Å². The molecule has 0 unspecified atom stereocenters. The second-order valence-corrected chi connectivity index (χ2v) is 2.78. The molecule has 0 radical (unpaired) electrons. The van der Waals surface area contributed by atoms with Crippen LogP contribution in [-0.4, -0.2) is 15.7 Å². The van der Waals surface area contributed by atoms with Gasteiger partial charge in [-0.05, 0) is 6.92 Å². The molecule has 0 amide bonds. The molecule has 1 heterocycles. The van der Waals surface area contributed by atoms with Gasteiger partial charge in [-0.3, -0.25) is 4.68 Å². The Morgan fingerprint density at radius 3 is 2.80 bits per heavy atom. The van der Waals surface area contributed by atoms with Crippen LogP contribution in [0.1, 0.15) is 5.69 Å². The number of hydrogen-bond donors (Lipinski definition) is 0. The minimum atomic E-state index is 0.568. The molecular formula is C6H8Cl2N2. The second-order valence-electron chi connectivity index (χ2n) is 1.99. The van der Waals surface area contributed by atoms with Crippen molar-refractivity contribution in [1.82, 2.24) is 9.78 Å². The lowest BCUT2D eigenvalue weighted by atomic mass is 10.5. The van der Waals surface area contributed by atoms with Crippen LogP contribution in [0.2, 0.25) is 5.02 Å². The van der Waals surface area contributed by atoms with Crippen molar-refractivity contribution < 1.29 is 0 Å². The summed E-state index contributed by atoms with van der Waals surface area (Å²) in [4.78, 5) is 0. The first kappa shape index (κ1) is 7.89. The molecule has 0 aliphatic heterocycles. The number of rotatable bonds is 2. The van der Waals surface area contributed by atoms with Crippen molar-refractivity contribution >= 4 is 23.2 Å². The molecule has 0 atom stereocenters. The van der Waals surface area contributed by atoms with Crippen molar-refractivity contribution in [3.63, 3.8) is 0 Å². The third-order valence-electron chi connectivity index (χ3n) is 1.34. The fraction of sp³-hybridized carbons (Fsp3) is 0.500. The van der Waals surface area contributed by atoms with Gasteiger partial charge >= 0.3 is 0 Å². The lowest BCUT2D eigenvalue weighted by Crippen LogP contribution is -2.02. The molecule has 1 aromatic rings. The quantitative estimate of drug-likeness (QED) is 0.635. The molecule has 0 aromatic carbocycles. The molecule has 56 valence electrons. The molecule has 1 aromatic heterocycles. The number of alkyl halides is 1. The lowest BCUT2D eigenvalue weighted by molar-refractivity contribution is 0.644. The SMILES string of the molecule is Cc1c(Cl)cnn1CCCl. The zero-order chi connectivity index (χ0) is 7.56. The van der Waals surface area contributed by atoms with Crippen molar-refractivity contribution in [1.29, 1.82) is 0 Å². The summed E-state index contributed by atoms with van der Waals surface area (Å²) in [6.07, 6.45) is 1.63. The summed E-state index contributed by atoms with van der Waals surface area (Å²) in [6.45, 7) is 2.64. The maximum absolute atomic E-state index is 5.74. The third kappa shape index (κ3) is 1.44. The zero-order valence-electron chi connectivity index (χ0n) is 5.64. The van der Waals surface area contributed by atoms with Gasteiger partial charge in [0.05, 0.1) is 23.5 Å². The van der Waals surface area contributed by atoms with E-state index in [4.69, 9.17) is 23.2 Å². The van der Waals surface area contributed by atoms with Crippen molar-refractivity contribution in [3.05, 3.63) is 16.9 Å². The van der Waals surface area contributed by atoms with Gasteiger partial charge in [0, 0.05) is 5.88 Å².